The number of aliphatic hydroxyl groups is 2. The lowest BCUT2D eigenvalue weighted by molar-refractivity contribution is 0.120. The Morgan fingerprint density at radius 1 is 1.33 bits per heavy atom. The molecule has 1 unspecified atom stereocenters. The third-order valence-electron chi connectivity index (χ3n) is 1.35. The van der Waals surface area contributed by atoms with Crippen molar-refractivity contribution in [2.45, 2.75) is 38.4 Å². The van der Waals surface area contributed by atoms with Crippen molar-refractivity contribution in [2.75, 3.05) is 0 Å². The van der Waals surface area contributed by atoms with Crippen molar-refractivity contribution in [1.82, 2.24) is 0 Å². The van der Waals surface area contributed by atoms with E-state index in [4.69, 9.17) is 6.42 Å². The average Bonchev–Trinajstić information content (AvgIpc) is 1.84. The molecule has 0 radical (unpaired) electrons. The lowest BCUT2D eigenvalue weighted by Gasteiger charge is -2.15. The average molecular weight is 168 g/mol. The molecule has 0 saturated heterocycles. The molecule has 0 fully saturated rings. The number of terminal acetylenes is 1. The van der Waals surface area contributed by atoms with E-state index in [0.29, 0.717) is 6.42 Å². The molecule has 0 amide bonds. The van der Waals surface area contributed by atoms with E-state index in [1.165, 1.54) is 0 Å². The molecule has 0 aliphatic rings. The predicted molar refractivity (Wildman–Crippen MR) is 49.5 cm³/mol. The van der Waals surface area contributed by atoms with E-state index >= 15 is 0 Å². The van der Waals surface area contributed by atoms with E-state index in [1.54, 1.807) is 32.9 Å². The van der Waals surface area contributed by atoms with E-state index in [-0.39, 0.29) is 0 Å². The van der Waals surface area contributed by atoms with Gasteiger partial charge in [0.05, 0.1) is 5.60 Å². The molecule has 2 N–H and O–H groups in total. The maximum Gasteiger partial charge on any atom is 0.125 e. The van der Waals surface area contributed by atoms with Gasteiger partial charge in [0.15, 0.2) is 0 Å². The third-order valence-corrected chi connectivity index (χ3v) is 1.35. The van der Waals surface area contributed by atoms with Crippen molar-refractivity contribution in [3.05, 3.63) is 12.2 Å². The van der Waals surface area contributed by atoms with Gasteiger partial charge in [-0.25, -0.2) is 0 Å². The van der Waals surface area contributed by atoms with Gasteiger partial charge in [-0.3, -0.25) is 0 Å². The molecule has 0 heterocycles. The summed E-state index contributed by atoms with van der Waals surface area (Å²) in [4.78, 5) is 0. The molecule has 0 aromatic heterocycles. The summed E-state index contributed by atoms with van der Waals surface area (Å²) in [5, 5.41) is 18.6. The molecular formula is C10H16O2. The lowest BCUT2D eigenvalue weighted by atomic mass is 10.0. The Balaban J connectivity index is 4.02. The second kappa shape index (κ2) is 3.75. The highest BCUT2D eigenvalue weighted by Gasteiger charge is 2.14. The summed E-state index contributed by atoms with van der Waals surface area (Å²) in [6.45, 7) is 4.88. The van der Waals surface area contributed by atoms with Crippen LogP contribution in [0.25, 0.3) is 0 Å². The van der Waals surface area contributed by atoms with Crippen LogP contribution < -0.4 is 0 Å². The predicted octanol–water partition coefficient (Wildman–Crippen LogP) is 1.09. The first kappa shape index (κ1) is 11.2. The summed E-state index contributed by atoms with van der Waals surface area (Å²) in [7, 11) is 0. The fraction of sp³-hybridized carbons (Fsp3) is 0.600. The number of rotatable bonds is 3. The minimum Gasteiger partial charge on any atom is -0.386 e. The normalized spacial score (nSPS) is 17.3. The smallest absolute Gasteiger partial charge is 0.125 e. The third kappa shape index (κ3) is 5.96. The molecule has 0 rings (SSSR count). The molecule has 0 saturated carbocycles. The molecule has 0 spiro atoms. The fourth-order valence-electron chi connectivity index (χ4n) is 0.636. The Morgan fingerprint density at radius 2 is 1.83 bits per heavy atom. The molecule has 0 aromatic rings. The molecule has 2 nitrogen and oxygen atoms in total. The van der Waals surface area contributed by atoms with E-state index in [9.17, 15) is 10.2 Å². The Bertz CT molecular complexity index is 201. The molecule has 1 atom stereocenters. The van der Waals surface area contributed by atoms with Crippen molar-refractivity contribution >= 4 is 0 Å². The lowest BCUT2D eigenvalue weighted by Crippen LogP contribution is -2.20. The van der Waals surface area contributed by atoms with Crippen LogP contribution in [-0.4, -0.2) is 21.4 Å². The quantitative estimate of drug-likeness (QED) is 0.489. The van der Waals surface area contributed by atoms with Gasteiger partial charge in [-0.1, -0.05) is 18.1 Å². The van der Waals surface area contributed by atoms with Crippen molar-refractivity contribution in [3.63, 3.8) is 0 Å². The van der Waals surface area contributed by atoms with Crippen molar-refractivity contribution in [1.29, 1.82) is 0 Å². The van der Waals surface area contributed by atoms with Gasteiger partial charge in [0.25, 0.3) is 0 Å². The maximum absolute atomic E-state index is 9.35. The topological polar surface area (TPSA) is 40.5 Å². The van der Waals surface area contributed by atoms with Crippen LogP contribution in [0.3, 0.4) is 0 Å². The monoisotopic (exact) mass is 168 g/mol. The van der Waals surface area contributed by atoms with E-state index in [2.05, 4.69) is 5.92 Å². The zero-order valence-electron chi connectivity index (χ0n) is 7.83. The van der Waals surface area contributed by atoms with Gasteiger partial charge in [0, 0.05) is 6.42 Å². The van der Waals surface area contributed by atoms with Gasteiger partial charge in [0.1, 0.15) is 5.60 Å². The summed E-state index contributed by atoms with van der Waals surface area (Å²) in [5.74, 6) is 2.25. The van der Waals surface area contributed by atoms with Gasteiger partial charge in [0.2, 0.25) is 0 Å². The minimum atomic E-state index is -1.11. The van der Waals surface area contributed by atoms with Gasteiger partial charge in [-0.05, 0) is 20.8 Å². The second-order valence-electron chi connectivity index (χ2n) is 3.68. The van der Waals surface area contributed by atoms with Gasteiger partial charge in [-0.2, -0.15) is 0 Å². The van der Waals surface area contributed by atoms with E-state index < -0.39 is 11.2 Å². The number of hydrogen-bond donors (Lipinski definition) is 2. The van der Waals surface area contributed by atoms with Crippen LogP contribution >= 0.6 is 0 Å². The van der Waals surface area contributed by atoms with Crippen LogP contribution in [0.4, 0.5) is 0 Å². The largest absolute Gasteiger partial charge is 0.386 e. The summed E-state index contributed by atoms with van der Waals surface area (Å²) in [6.07, 6.45) is 8.70. The zero-order chi connectivity index (χ0) is 9.83. The second-order valence-corrected chi connectivity index (χ2v) is 3.68. The van der Waals surface area contributed by atoms with Gasteiger partial charge >= 0.3 is 0 Å². The molecule has 12 heavy (non-hydrogen) atoms. The summed E-state index contributed by atoms with van der Waals surface area (Å²) < 4.78 is 0. The molecule has 68 valence electrons. The molecular weight excluding hydrogens is 152 g/mol. The SMILES string of the molecule is C#CC(C)(O)C/C=C/C(C)(C)O. The summed E-state index contributed by atoms with van der Waals surface area (Å²) in [5.41, 5.74) is -1.95. The van der Waals surface area contributed by atoms with E-state index in [0.717, 1.165) is 0 Å². The Kier molecular flexibility index (Phi) is 3.51. The van der Waals surface area contributed by atoms with Crippen LogP contribution in [0.1, 0.15) is 27.2 Å². The van der Waals surface area contributed by atoms with Crippen molar-refractivity contribution in [3.8, 4) is 12.3 Å². The first-order valence-electron chi connectivity index (χ1n) is 3.87. The zero-order valence-corrected chi connectivity index (χ0v) is 7.83. The molecule has 0 aromatic carbocycles. The highest BCUT2D eigenvalue weighted by atomic mass is 16.3. The van der Waals surface area contributed by atoms with Crippen molar-refractivity contribution < 1.29 is 10.2 Å². The minimum absolute atomic E-state index is 0.355. The maximum atomic E-state index is 9.35. The first-order valence-corrected chi connectivity index (χ1v) is 3.87. The fourth-order valence-corrected chi connectivity index (χ4v) is 0.636. The summed E-state index contributed by atoms with van der Waals surface area (Å²) >= 11 is 0. The molecule has 2 heteroatoms. The van der Waals surface area contributed by atoms with Crippen LogP contribution in [0.2, 0.25) is 0 Å². The first-order chi connectivity index (χ1) is 5.27. The van der Waals surface area contributed by atoms with Gasteiger partial charge < -0.3 is 10.2 Å². The Morgan fingerprint density at radius 3 is 2.17 bits per heavy atom. The molecule has 0 aliphatic carbocycles. The van der Waals surface area contributed by atoms with Crippen LogP contribution in [-0.2, 0) is 0 Å². The highest BCUT2D eigenvalue weighted by molar-refractivity contribution is 5.09. The van der Waals surface area contributed by atoms with Crippen LogP contribution in [0.5, 0.6) is 0 Å². The highest BCUT2D eigenvalue weighted by Crippen LogP contribution is 2.10. The Labute approximate surface area is 73.9 Å². The van der Waals surface area contributed by atoms with Crippen LogP contribution in [0, 0.1) is 12.3 Å². The molecule has 0 aliphatic heterocycles. The number of hydrogen-bond acceptors (Lipinski definition) is 2. The van der Waals surface area contributed by atoms with Gasteiger partial charge in [-0.15, -0.1) is 6.42 Å². The Hall–Kier alpha value is -0.780. The van der Waals surface area contributed by atoms with Crippen molar-refractivity contribution in [2.24, 2.45) is 0 Å². The van der Waals surface area contributed by atoms with E-state index in [1.807, 2.05) is 0 Å². The van der Waals surface area contributed by atoms with Crippen LogP contribution in [0.15, 0.2) is 12.2 Å². The molecule has 0 bridgehead atoms. The summed E-state index contributed by atoms with van der Waals surface area (Å²) in [6, 6.07) is 0. The standard InChI is InChI=1S/C10H16O2/c1-5-10(4,12)8-6-7-9(2,3)11/h1,6-7,11-12H,8H2,2-4H3/b7-6+.